The van der Waals surface area contributed by atoms with Crippen molar-refractivity contribution in [2.45, 2.75) is 45.4 Å². The smallest absolute Gasteiger partial charge is 0.161 e. The number of hydrogen-bond acceptors (Lipinski definition) is 2. The molecule has 0 saturated carbocycles. The van der Waals surface area contributed by atoms with Gasteiger partial charge in [0.2, 0.25) is 0 Å². The fraction of sp³-hybridized carbons (Fsp3) is 0.600. The lowest BCUT2D eigenvalue weighted by atomic mass is 10.1. The average molecular weight is 234 g/mol. The Morgan fingerprint density at radius 1 is 1.00 bits per heavy atom. The van der Waals surface area contributed by atoms with Crippen molar-refractivity contribution in [2.24, 2.45) is 0 Å². The first kappa shape index (κ1) is 12.3. The molecule has 0 atom stereocenters. The van der Waals surface area contributed by atoms with Gasteiger partial charge in [-0.25, -0.2) is 0 Å². The molecule has 2 nitrogen and oxygen atoms in total. The third kappa shape index (κ3) is 3.65. The lowest BCUT2D eigenvalue weighted by Gasteiger charge is -2.09. The zero-order valence-corrected chi connectivity index (χ0v) is 10.7. The molecule has 2 rings (SSSR count). The van der Waals surface area contributed by atoms with Crippen LogP contribution in [-0.2, 0) is 6.42 Å². The molecule has 1 heterocycles. The van der Waals surface area contributed by atoms with Crippen LogP contribution in [0.3, 0.4) is 0 Å². The molecule has 94 valence electrons. The molecule has 0 bridgehead atoms. The number of fused-ring (bicyclic) bond motifs is 1. The summed E-state index contributed by atoms with van der Waals surface area (Å²) in [5.41, 5.74) is 1.37. The SMILES string of the molecule is CCCCCCc1ccc2c(c1)OCCCO2. The van der Waals surface area contributed by atoms with Gasteiger partial charge in [0.05, 0.1) is 13.2 Å². The monoisotopic (exact) mass is 234 g/mol. The second-order valence-corrected chi connectivity index (χ2v) is 4.64. The summed E-state index contributed by atoms with van der Waals surface area (Å²) in [6.45, 7) is 3.78. The second kappa shape index (κ2) is 6.53. The van der Waals surface area contributed by atoms with Gasteiger partial charge in [-0.2, -0.15) is 0 Å². The van der Waals surface area contributed by atoms with E-state index in [0.29, 0.717) is 0 Å². The molecule has 2 heteroatoms. The van der Waals surface area contributed by atoms with Crippen molar-refractivity contribution in [2.75, 3.05) is 13.2 Å². The van der Waals surface area contributed by atoms with Crippen LogP contribution in [0.4, 0.5) is 0 Å². The van der Waals surface area contributed by atoms with Gasteiger partial charge in [-0.05, 0) is 30.5 Å². The Balaban J connectivity index is 1.93. The zero-order chi connectivity index (χ0) is 11.9. The normalized spacial score (nSPS) is 14.4. The van der Waals surface area contributed by atoms with E-state index in [1.165, 1.54) is 31.2 Å². The zero-order valence-electron chi connectivity index (χ0n) is 10.7. The van der Waals surface area contributed by atoms with Crippen LogP contribution in [0.5, 0.6) is 11.5 Å². The minimum absolute atomic E-state index is 0.767. The summed E-state index contributed by atoms with van der Waals surface area (Å²) in [5, 5.41) is 0. The van der Waals surface area contributed by atoms with Crippen molar-refractivity contribution in [3.05, 3.63) is 23.8 Å². The van der Waals surface area contributed by atoms with E-state index in [0.717, 1.165) is 37.6 Å². The lowest BCUT2D eigenvalue weighted by molar-refractivity contribution is 0.297. The summed E-state index contributed by atoms with van der Waals surface area (Å²) >= 11 is 0. The van der Waals surface area contributed by atoms with Crippen molar-refractivity contribution < 1.29 is 9.47 Å². The van der Waals surface area contributed by atoms with E-state index in [4.69, 9.17) is 9.47 Å². The van der Waals surface area contributed by atoms with Crippen molar-refractivity contribution in [3.8, 4) is 11.5 Å². The molecule has 0 saturated heterocycles. The molecular weight excluding hydrogens is 212 g/mol. The van der Waals surface area contributed by atoms with Gasteiger partial charge in [0, 0.05) is 6.42 Å². The Morgan fingerprint density at radius 3 is 2.65 bits per heavy atom. The molecule has 1 aromatic carbocycles. The minimum Gasteiger partial charge on any atom is -0.490 e. The maximum Gasteiger partial charge on any atom is 0.161 e. The van der Waals surface area contributed by atoms with Crippen molar-refractivity contribution in [1.29, 1.82) is 0 Å². The predicted octanol–water partition coefficient (Wildman–Crippen LogP) is 3.97. The van der Waals surface area contributed by atoms with Crippen LogP contribution < -0.4 is 9.47 Å². The quantitative estimate of drug-likeness (QED) is 0.718. The van der Waals surface area contributed by atoms with Crippen molar-refractivity contribution in [3.63, 3.8) is 0 Å². The summed E-state index contributed by atoms with van der Waals surface area (Å²) in [6, 6.07) is 6.36. The highest BCUT2D eigenvalue weighted by molar-refractivity contribution is 5.43. The summed E-state index contributed by atoms with van der Waals surface area (Å²) in [6.07, 6.45) is 7.35. The molecule has 0 radical (unpaired) electrons. The van der Waals surface area contributed by atoms with E-state index in [9.17, 15) is 0 Å². The number of rotatable bonds is 5. The molecule has 0 N–H and O–H groups in total. The Morgan fingerprint density at radius 2 is 1.82 bits per heavy atom. The Hall–Kier alpha value is -1.18. The van der Waals surface area contributed by atoms with Crippen LogP contribution in [0.2, 0.25) is 0 Å². The van der Waals surface area contributed by atoms with Gasteiger partial charge < -0.3 is 9.47 Å². The highest BCUT2D eigenvalue weighted by Crippen LogP contribution is 2.30. The van der Waals surface area contributed by atoms with Crippen molar-refractivity contribution in [1.82, 2.24) is 0 Å². The summed E-state index contributed by atoms with van der Waals surface area (Å²) in [7, 11) is 0. The lowest BCUT2D eigenvalue weighted by Crippen LogP contribution is -1.97. The third-order valence-electron chi connectivity index (χ3n) is 3.13. The molecule has 0 amide bonds. The maximum atomic E-state index is 5.69. The topological polar surface area (TPSA) is 18.5 Å². The summed E-state index contributed by atoms with van der Waals surface area (Å²) in [4.78, 5) is 0. The van der Waals surface area contributed by atoms with Gasteiger partial charge >= 0.3 is 0 Å². The number of hydrogen-bond donors (Lipinski definition) is 0. The summed E-state index contributed by atoms with van der Waals surface area (Å²) in [5.74, 6) is 1.83. The van der Waals surface area contributed by atoms with E-state index >= 15 is 0 Å². The molecule has 17 heavy (non-hydrogen) atoms. The van der Waals surface area contributed by atoms with E-state index in [1.807, 2.05) is 0 Å². The number of benzene rings is 1. The standard InChI is InChI=1S/C15H22O2/c1-2-3-4-5-7-13-8-9-14-15(12-13)17-11-6-10-16-14/h8-9,12H,2-7,10-11H2,1H3. The van der Waals surface area contributed by atoms with Crippen LogP contribution in [0.1, 0.15) is 44.6 Å². The molecule has 0 spiro atoms. The van der Waals surface area contributed by atoms with Gasteiger partial charge in [-0.3, -0.25) is 0 Å². The largest absolute Gasteiger partial charge is 0.490 e. The van der Waals surface area contributed by atoms with Gasteiger partial charge in [-0.15, -0.1) is 0 Å². The molecule has 0 fully saturated rings. The average Bonchev–Trinajstić information content (AvgIpc) is 2.59. The van der Waals surface area contributed by atoms with Crippen LogP contribution >= 0.6 is 0 Å². The van der Waals surface area contributed by atoms with Crippen molar-refractivity contribution >= 4 is 0 Å². The van der Waals surface area contributed by atoms with Gasteiger partial charge in [0.1, 0.15) is 0 Å². The van der Waals surface area contributed by atoms with Crippen LogP contribution in [0.15, 0.2) is 18.2 Å². The minimum atomic E-state index is 0.767. The second-order valence-electron chi connectivity index (χ2n) is 4.64. The molecule has 0 unspecified atom stereocenters. The molecule has 1 aliphatic rings. The molecule has 1 aliphatic heterocycles. The number of unbranched alkanes of at least 4 members (excludes halogenated alkanes) is 3. The van der Waals surface area contributed by atoms with Crippen LogP contribution in [-0.4, -0.2) is 13.2 Å². The molecule has 0 aliphatic carbocycles. The molecular formula is C15H22O2. The molecule has 1 aromatic rings. The Labute approximate surface area is 104 Å². The van der Waals surface area contributed by atoms with Crippen LogP contribution in [0, 0.1) is 0 Å². The third-order valence-corrected chi connectivity index (χ3v) is 3.13. The molecule has 0 aromatic heterocycles. The Bertz CT molecular complexity index is 347. The summed E-state index contributed by atoms with van der Waals surface area (Å²) < 4.78 is 11.3. The number of aryl methyl sites for hydroxylation is 1. The van der Waals surface area contributed by atoms with Gasteiger partial charge in [0.15, 0.2) is 11.5 Å². The predicted molar refractivity (Wildman–Crippen MR) is 69.9 cm³/mol. The van der Waals surface area contributed by atoms with Gasteiger partial charge in [0.25, 0.3) is 0 Å². The number of ether oxygens (including phenoxy) is 2. The van der Waals surface area contributed by atoms with E-state index < -0.39 is 0 Å². The first-order chi connectivity index (χ1) is 8.40. The highest BCUT2D eigenvalue weighted by atomic mass is 16.5. The van der Waals surface area contributed by atoms with E-state index in [2.05, 4.69) is 25.1 Å². The van der Waals surface area contributed by atoms with Crippen LogP contribution in [0.25, 0.3) is 0 Å². The Kier molecular flexibility index (Phi) is 4.72. The first-order valence-electron chi connectivity index (χ1n) is 6.78. The fourth-order valence-corrected chi connectivity index (χ4v) is 2.12. The van der Waals surface area contributed by atoms with E-state index in [1.54, 1.807) is 0 Å². The van der Waals surface area contributed by atoms with E-state index in [-0.39, 0.29) is 0 Å². The van der Waals surface area contributed by atoms with Gasteiger partial charge in [-0.1, -0.05) is 32.3 Å². The maximum absolute atomic E-state index is 5.69. The fourth-order valence-electron chi connectivity index (χ4n) is 2.12. The first-order valence-corrected chi connectivity index (χ1v) is 6.78. The highest BCUT2D eigenvalue weighted by Gasteiger charge is 2.10.